The van der Waals surface area contributed by atoms with Crippen molar-refractivity contribution in [3.63, 3.8) is 0 Å². The zero-order valence-electron chi connectivity index (χ0n) is 16.9. The highest BCUT2D eigenvalue weighted by Gasteiger charge is 2.33. The molecule has 7 heteroatoms. The molecule has 0 atom stereocenters. The van der Waals surface area contributed by atoms with Gasteiger partial charge >= 0.3 is 5.97 Å². The Hall–Kier alpha value is -2.80. The normalized spacial score (nSPS) is 11.6. The number of thiophene rings is 1. The van der Waals surface area contributed by atoms with Crippen molar-refractivity contribution in [1.82, 2.24) is 4.98 Å². The minimum atomic E-state index is -3.32. The first-order chi connectivity index (χ1) is 14.3. The van der Waals surface area contributed by atoms with Crippen molar-refractivity contribution in [2.45, 2.75) is 39.0 Å². The number of rotatable bonds is 9. The quantitative estimate of drug-likeness (QED) is 0.303. The Balaban J connectivity index is 2.15. The lowest BCUT2D eigenvalue weighted by molar-refractivity contribution is 0.0541. The summed E-state index contributed by atoms with van der Waals surface area (Å²) in [6.45, 7) is 7.70. The average Bonchev–Trinajstić information content (AvgIpc) is 3.12. The predicted molar refractivity (Wildman–Crippen MR) is 116 cm³/mol. The van der Waals surface area contributed by atoms with E-state index >= 15 is 0 Å². The minimum Gasteiger partial charge on any atom is -0.494 e. The molecule has 0 aliphatic carbocycles. The molecule has 30 heavy (non-hydrogen) atoms. The zero-order valence-corrected chi connectivity index (χ0v) is 17.7. The molecule has 3 aromatic rings. The highest BCUT2D eigenvalue weighted by molar-refractivity contribution is 7.20. The monoisotopic (exact) mass is 431 g/mol. The number of carboxylic acid groups (broad SMARTS) is 1. The van der Waals surface area contributed by atoms with E-state index in [1.165, 1.54) is 6.07 Å². The zero-order chi connectivity index (χ0) is 21.9. The maximum absolute atomic E-state index is 14.8. The van der Waals surface area contributed by atoms with E-state index in [1.54, 1.807) is 31.2 Å². The summed E-state index contributed by atoms with van der Waals surface area (Å²) in [6.07, 6.45) is 2.87. The van der Waals surface area contributed by atoms with Gasteiger partial charge in [0.2, 0.25) is 0 Å². The number of unbranched alkanes of at least 4 members (excludes halogenated alkanes) is 1. The van der Waals surface area contributed by atoms with Gasteiger partial charge in [-0.15, -0.1) is 11.3 Å². The number of hydrogen-bond donors (Lipinski definition) is 1. The third kappa shape index (κ3) is 4.21. The molecule has 0 saturated heterocycles. The van der Waals surface area contributed by atoms with Gasteiger partial charge in [0.05, 0.1) is 12.3 Å². The molecule has 0 aliphatic rings. The Bertz CT molecular complexity index is 1070. The van der Waals surface area contributed by atoms with Gasteiger partial charge in [0.1, 0.15) is 15.5 Å². The van der Waals surface area contributed by atoms with Crippen molar-refractivity contribution in [2.24, 2.45) is 0 Å². The van der Waals surface area contributed by atoms with E-state index < -0.39 is 11.9 Å². The fourth-order valence-corrected chi connectivity index (χ4v) is 4.38. The smallest absolute Gasteiger partial charge is 0.346 e. The van der Waals surface area contributed by atoms with Crippen LogP contribution in [0.15, 0.2) is 43.0 Å². The highest BCUT2D eigenvalue weighted by atomic mass is 32.1. The van der Waals surface area contributed by atoms with Gasteiger partial charge in [0, 0.05) is 16.5 Å². The molecule has 1 aromatic carbocycles. The first kappa shape index (κ1) is 21.9. The number of aryl methyl sites for hydroxylation is 1. The topological polar surface area (TPSA) is 59.4 Å². The van der Waals surface area contributed by atoms with Gasteiger partial charge in [-0.05, 0) is 54.8 Å². The van der Waals surface area contributed by atoms with Crippen LogP contribution in [0.2, 0.25) is 0 Å². The molecule has 1 N–H and O–H groups in total. The lowest BCUT2D eigenvalue weighted by atomic mass is 9.98. The van der Waals surface area contributed by atoms with Crippen LogP contribution in [-0.4, -0.2) is 22.7 Å². The first-order valence-corrected chi connectivity index (χ1v) is 10.6. The second-order valence-corrected chi connectivity index (χ2v) is 7.86. The van der Waals surface area contributed by atoms with Crippen LogP contribution < -0.4 is 4.74 Å². The van der Waals surface area contributed by atoms with Crippen LogP contribution in [0.1, 0.15) is 47.5 Å². The highest BCUT2D eigenvalue weighted by Crippen LogP contribution is 2.42. The Morgan fingerprint density at radius 1 is 1.30 bits per heavy atom. The molecule has 0 aliphatic heterocycles. The number of aromatic nitrogens is 1. The van der Waals surface area contributed by atoms with Crippen molar-refractivity contribution in [3.8, 4) is 17.0 Å². The molecule has 2 heterocycles. The Kier molecular flexibility index (Phi) is 6.51. The number of hydrogen-bond acceptors (Lipinski definition) is 4. The van der Waals surface area contributed by atoms with Crippen molar-refractivity contribution in [2.75, 3.05) is 6.61 Å². The average molecular weight is 432 g/mol. The molecule has 0 radical (unpaired) electrons. The Morgan fingerprint density at radius 3 is 2.57 bits per heavy atom. The number of allylic oxidation sites excluding steroid dienone is 1. The third-order valence-electron chi connectivity index (χ3n) is 4.84. The lowest BCUT2D eigenvalue weighted by Gasteiger charge is -2.16. The van der Waals surface area contributed by atoms with Gasteiger partial charge in [-0.25, -0.2) is 9.78 Å². The SMILES string of the molecule is C=CC(F)(F)c1cc(-c2ccc(OCCCC)cc2)nc2sc(C(=O)O)c(CC)c12. The van der Waals surface area contributed by atoms with Gasteiger partial charge < -0.3 is 9.84 Å². The number of carboxylic acids is 1. The summed E-state index contributed by atoms with van der Waals surface area (Å²) in [5, 5.41) is 9.72. The number of benzene rings is 1. The van der Waals surface area contributed by atoms with E-state index in [-0.39, 0.29) is 20.7 Å². The fraction of sp³-hybridized carbons (Fsp3) is 0.304. The van der Waals surface area contributed by atoms with E-state index in [9.17, 15) is 18.7 Å². The Morgan fingerprint density at radius 2 is 2.00 bits per heavy atom. The van der Waals surface area contributed by atoms with E-state index in [1.807, 2.05) is 0 Å². The van der Waals surface area contributed by atoms with E-state index in [2.05, 4.69) is 18.5 Å². The molecule has 0 amide bonds. The summed E-state index contributed by atoms with van der Waals surface area (Å²) in [6, 6.07) is 8.40. The van der Waals surface area contributed by atoms with Crippen LogP contribution in [0, 0.1) is 0 Å². The maximum Gasteiger partial charge on any atom is 0.346 e. The minimum absolute atomic E-state index is 0.0398. The van der Waals surface area contributed by atoms with Crippen LogP contribution >= 0.6 is 11.3 Å². The van der Waals surface area contributed by atoms with E-state index in [4.69, 9.17) is 4.74 Å². The van der Waals surface area contributed by atoms with Crippen LogP contribution in [0.5, 0.6) is 5.75 Å². The van der Waals surface area contributed by atoms with Crippen LogP contribution in [-0.2, 0) is 12.3 Å². The van der Waals surface area contributed by atoms with E-state index in [0.717, 1.165) is 24.2 Å². The lowest BCUT2D eigenvalue weighted by Crippen LogP contribution is -2.11. The van der Waals surface area contributed by atoms with Crippen molar-refractivity contribution in [1.29, 1.82) is 0 Å². The molecule has 158 valence electrons. The first-order valence-electron chi connectivity index (χ1n) is 9.77. The molecule has 0 saturated carbocycles. The van der Waals surface area contributed by atoms with Crippen molar-refractivity contribution >= 4 is 27.5 Å². The van der Waals surface area contributed by atoms with Gasteiger partial charge in [0.25, 0.3) is 5.92 Å². The van der Waals surface area contributed by atoms with Crippen molar-refractivity contribution in [3.05, 3.63) is 59.0 Å². The number of halogens is 2. The molecule has 0 fully saturated rings. The number of ether oxygens (including phenoxy) is 1. The molecular weight excluding hydrogens is 408 g/mol. The van der Waals surface area contributed by atoms with Gasteiger partial charge in [-0.3, -0.25) is 0 Å². The predicted octanol–water partition coefficient (Wildman–Crippen LogP) is 6.68. The second-order valence-electron chi connectivity index (χ2n) is 6.86. The molecule has 3 rings (SSSR count). The summed E-state index contributed by atoms with van der Waals surface area (Å²) in [7, 11) is 0. The summed E-state index contributed by atoms with van der Waals surface area (Å²) in [5.41, 5.74) is 1.09. The second kappa shape index (κ2) is 8.92. The summed E-state index contributed by atoms with van der Waals surface area (Å²) in [5.74, 6) is -3.76. The number of fused-ring (bicyclic) bond motifs is 1. The number of nitrogens with zero attached hydrogens (tertiary/aromatic N) is 1. The van der Waals surface area contributed by atoms with Crippen LogP contribution in [0.4, 0.5) is 8.78 Å². The standard InChI is InChI=1S/C23H23F2NO3S/c1-4-7-12-29-15-10-8-14(9-11-15)18-13-17(23(24,25)6-3)19-16(5-2)20(22(27)28)30-21(19)26-18/h6,8-11,13H,3-5,7,12H2,1-2H3,(H,27,28). The third-order valence-corrected chi connectivity index (χ3v) is 5.95. The molecule has 2 aromatic heterocycles. The molecule has 4 nitrogen and oxygen atoms in total. The van der Waals surface area contributed by atoms with Crippen molar-refractivity contribution < 1.29 is 23.4 Å². The molecule has 0 bridgehead atoms. The number of pyridine rings is 1. The summed E-state index contributed by atoms with van der Waals surface area (Å²) >= 11 is 0.920. The number of alkyl halides is 2. The molecule has 0 unspecified atom stereocenters. The van der Waals surface area contributed by atoms with Crippen LogP contribution in [0.25, 0.3) is 21.5 Å². The number of carbonyl (C=O) groups is 1. The largest absolute Gasteiger partial charge is 0.494 e. The maximum atomic E-state index is 14.8. The number of aromatic carboxylic acids is 1. The molecule has 0 spiro atoms. The van der Waals surface area contributed by atoms with Gasteiger partial charge in [-0.2, -0.15) is 8.78 Å². The van der Waals surface area contributed by atoms with Gasteiger partial charge in [-0.1, -0.05) is 26.8 Å². The molecular formula is C23H23F2NO3S. The van der Waals surface area contributed by atoms with E-state index in [0.29, 0.717) is 41.7 Å². The van der Waals surface area contributed by atoms with Gasteiger partial charge in [0.15, 0.2) is 0 Å². The summed E-state index contributed by atoms with van der Waals surface area (Å²) in [4.78, 5) is 16.5. The summed E-state index contributed by atoms with van der Waals surface area (Å²) < 4.78 is 35.2. The fourth-order valence-electron chi connectivity index (χ4n) is 3.25. The Labute approximate surface area is 177 Å². The van der Waals surface area contributed by atoms with Crippen LogP contribution in [0.3, 0.4) is 0 Å².